The number of esters is 1. The van der Waals surface area contributed by atoms with Crippen molar-refractivity contribution >= 4 is 43.3 Å². The van der Waals surface area contributed by atoms with Crippen LogP contribution in [0.3, 0.4) is 0 Å². The lowest BCUT2D eigenvalue weighted by Gasteiger charge is -2.05. The monoisotopic (exact) mass is 329 g/mol. The molecule has 0 spiro atoms. The van der Waals surface area contributed by atoms with E-state index in [-0.39, 0.29) is 17.9 Å². The van der Waals surface area contributed by atoms with Crippen molar-refractivity contribution in [1.29, 1.82) is 0 Å². The van der Waals surface area contributed by atoms with Crippen LogP contribution in [-0.4, -0.2) is 17.1 Å². The SMILES string of the molecule is CCOC(=O)CCn1ccc2scc(Br)c2c1=O. The molecule has 0 N–H and O–H groups in total. The molecule has 0 saturated heterocycles. The van der Waals surface area contributed by atoms with Gasteiger partial charge >= 0.3 is 5.97 Å². The van der Waals surface area contributed by atoms with Crippen molar-refractivity contribution in [3.63, 3.8) is 0 Å². The molecule has 0 saturated carbocycles. The predicted octanol–water partition coefficient (Wildman–Crippen LogP) is 2.78. The molecule has 2 rings (SSSR count). The zero-order chi connectivity index (χ0) is 13.1. The van der Waals surface area contributed by atoms with E-state index in [4.69, 9.17) is 4.74 Å². The van der Waals surface area contributed by atoms with Gasteiger partial charge < -0.3 is 9.30 Å². The van der Waals surface area contributed by atoms with Gasteiger partial charge in [-0.25, -0.2) is 0 Å². The molecule has 0 aliphatic carbocycles. The van der Waals surface area contributed by atoms with Crippen LogP contribution in [0.2, 0.25) is 0 Å². The van der Waals surface area contributed by atoms with Crippen LogP contribution in [0.15, 0.2) is 26.9 Å². The average molecular weight is 330 g/mol. The van der Waals surface area contributed by atoms with Gasteiger partial charge in [0.1, 0.15) is 0 Å². The number of halogens is 1. The fourth-order valence-corrected chi connectivity index (χ4v) is 3.27. The largest absolute Gasteiger partial charge is 0.466 e. The van der Waals surface area contributed by atoms with Crippen molar-refractivity contribution in [2.75, 3.05) is 6.61 Å². The van der Waals surface area contributed by atoms with E-state index in [1.54, 1.807) is 13.1 Å². The van der Waals surface area contributed by atoms with Gasteiger partial charge in [-0.2, -0.15) is 0 Å². The summed E-state index contributed by atoms with van der Waals surface area (Å²) in [4.78, 5) is 23.4. The molecule has 0 fully saturated rings. The number of aryl methyl sites for hydroxylation is 1. The topological polar surface area (TPSA) is 48.3 Å². The summed E-state index contributed by atoms with van der Waals surface area (Å²) in [5.74, 6) is -0.283. The molecular formula is C12H12BrNO3S. The number of ether oxygens (including phenoxy) is 1. The minimum atomic E-state index is -0.283. The first-order chi connectivity index (χ1) is 8.63. The first kappa shape index (κ1) is 13.3. The molecule has 0 unspecified atom stereocenters. The second kappa shape index (κ2) is 5.67. The second-order valence-electron chi connectivity index (χ2n) is 3.69. The van der Waals surface area contributed by atoms with E-state index >= 15 is 0 Å². The molecular weight excluding hydrogens is 318 g/mol. The Hall–Kier alpha value is -1.14. The van der Waals surface area contributed by atoms with Gasteiger partial charge in [-0.05, 0) is 28.9 Å². The minimum absolute atomic E-state index is 0.0788. The van der Waals surface area contributed by atoms with Crippen molar-refractivity contribution in [1.82, 2.24) is 4.57 Å². The van der Waals surface area contributed by atoms with Crippen LogP contribution in [-0.2, 0) is 16.1 Å². The van der Waals surface area contributed by atoms with Gasteiger partial charge in [0.25, 0.3) is 5.56 Å². The van der Waals surface area contributed by atoms with E-state index in [0.29, 0.717) is 18.5 Å². The fourth-order valence-electron chi connectivity index (χ4n) is 1.67. The van der Waals surface area contributed by atoms with Gasteiger partial charge in [-0.1, -0.05) is 0 Å². The van der Waals surface area contributed by atoms with Gasteiger partial charge in [0.15, 0.2) is 0 Å². The second-order valence-corrected chi connectivity index (χ2v) is 5.46. The highest BCUT2D eigenvalue weighted by molar-refractivity contribution is 9.10. The molecule has 2 heterocycles. The first-order valence-electron chi connectivity index (χ1n) is 5.55. The number of pyridine rings is 1. The molecule has 2 aromatic heterocycles. The Morgan fingerprint density at radius 1 is 1.56 bits per heavy atom. The van der Waals surface area contributed by atoms with Crippen LogP contribution >= 0.6 is 27.3 Å². The fraction of sp³-hybridized carbons (Fsp3) is 0.333. The highest BCUT2D eigenvalue weighted by atomic mass is 79.9. The molecule has 6 heteroatoms. The first-order valence-corrected chi connectivity index (χ1v) is 7.22. The number of rotatable bonds is 4. The number of aromatic nitrogens is 1. The molecule has 18 heavy (non-hydrogen) atoms. The molecule has 0 atom stereocenters. The third-order valence-electron chi connectivity index (χ3n) is 2.52. The summed E-state index contributed by atoms with van der Waals surface area (Å²) >= 11 is 4.88. The Bertz CT molecular complexity index is 632. The quantitative estimate of drug-likeness (QED) is 0.810. The lowest BCUT2D eigenvalue weighted by atomic mass is 10.3. The molecule has 0 amide bonds. The van der Waals surface area contributed by atoms with Crippen molar-refractivity contribution in [3.05, 3.63) is 32.5 Å². The molecule has 0 radical (unpaired) electrons. The molecule has 0 aromatic carbocycles. The lowest BCUT2D eigenvalue weighted by Crippen LogP contribution is -2.21. The number of carbonyl (C=O) groups excluding carboxylic acids is 1. The smallest absolute Gasteiger partial charge is 0.307 e. The van der Waals surface area contributed by atoms with Crippen LogP contribution in [0.5, 0.6) is 0 Å². The van der Waals surface area contributed by atoms with E-state index in [2.05, 4.69) is 15.9 Å². The molecule has 4 nitrogen and oxygen atoms in total. The molecule has 0 bridgehead atoms. The van der Waals surface area contributed by atoms with Gasteiger partial charge in [0, 0.05) is 27.3 Å². The zero-order valence-corrected chi connectivity index (χ0v) is 12.2. The molecule has 0 aliphatic rings. The maximum Gasteiger partial charge on any atom is 0.307 e. The van der Waals surface area contributed by atoms with E-state index < -0.39 is 0 Å². The molecule has 96 valence electrons. The third-order valence-corrected chi connectivity index (χ3v) is 4.39. The number of nitrogens with zero attached hydrogens (tertiary/aromatic N) is 1. The van der Waals surface area contributed by atoms with Crippen molar-refractivity contribution < 1.29 is 9.53 Å². The summed E-state index contributed by atoms with van der Waals surface area (Å²) in [7, 11) is 0. The standard InChI is InChI=1S/C12H12BrNO3S/c1-2-17-10(15)4-6-14-5-3-9-11(12(14)16)8(13)7-18-9/h3,5,7H,2,4,6H2,1H3. The number of hydrogen-bond acceptors (Lipinski definition) is 4. The summed E-state index contributed by atoms with van der Waals surface area (Å²) in [5.41, 5.74) is -0.0788. The van der Waals surface area contributed by atoms with Crippen LogP contribution < -0.4 is 5.56 Å². The summed E-state index contributed by atoms with van der Waals surface area (Å²) < 4.78 is 8.12. The number of thiophene rings is 1. The third kappa shape index (κ3) is 2.64. The normalized spacial score (nSPS) is 10.8. The number of fused-ring (bicyclic) bond motifs is 1. The average Bonchev–Trinajstić information content (AvgIpc) is 2.71. The van der Waals surface area contributed by atoms with Crippen molar-refractivity contribution in [2.45, 2.75) is 19.9 Å². The van der Waals surface area contributed by atoms with E-state index in [1.807, 2.05) is 11.4 Å². The van der Waals surface area contributed by atoms with Crippen molar-refractivity contribution in [3.8, 4) is 0 Å². The van der Waals surface area contributed by atoms with E-state index in [1.165, 1.54) is 15.9 Å². The number of hydrogen-bond donors (Lipinski definition) is 0. The van der Waals surface area contributed by atoms with Gasteiger partial charge in [-0.3, -0.25) is 9.59 Å². The minimum Gasteiger partial charge on any atom is -0.466 e. The number of carbonyl (C=O) groups is 1. The van der Waals surface area contributed by atoms with Crippen LogP contribution in [0, 0.1) is 0 Å². The Labute approximate surface area is 116 Å². The zero-order valence-electron chi connectivity index (χ0n) is 9.81. The molecule has 0 aliphatic heterocycles. The van der Waals surface area contributed by atoms with Crippen LogP contribution in [0.4, 0.5) is 0 Å². The summed E-state index contributed by atoms with van der Waals surface area (Å²) in [6.45, 7) is 2.47. The maximum absolute atomic E-state index is 12.2. The lowest BCUT2D eigenvalue weighted by molar-refractivity contribution is -0.143. The highest BCUT2D eigenvalue weighted by Crippen LogP contribution is 2.26. The summed E-state index contributed by atoms with van der Waals surface area (Å²) in [6, 6.07) is 1.89. The Morgan fingerprint density at radius 3 is 3.06 bits per heavy atom. The predicted molar refractivity (Wildman–Crippen MR) is 75.0 cm³/mol. The maximum atomic E-state index is 12.2. The van der Waals surface area contributed by atoms with E-state index in [0.717, 1.165) is 9.17 Å². The Kier molecular flexibility index (Phi) is 4.19. The Morgan fingerprint density at radius 2 is 2.33 bits per heavy atom. The van der Waals surface area contributed by atoms with Gasteiger partial charge in [-0.15, -0.1) is 11.3 Å². The molecule has 2 aromatic rings. The highest BCUT2D eigenvalue weighted by Gasteiger charge is 2.09. The van der Waals surface area contributed by atoms with Gasteiger partial charge in [0.2, 0.25) is 0 Å². The van der Waals surface area contributed by atoms with Crippen molar-refractivity contribution in [2.24, 2.45) is 0 Å². The van der Waals surface area contributed by atoms with Crippen LogP contribution in [0.1, 0.15) is 13.3 Å². The van der Waals surface area contributed by atoms with E-state index in [9.17, 15) is 9.59 Å². The van der Waals surface area contributed by atoms with Gasteiger partial charge in [0.05, 0.1) is 18.4 Å². The summed E-state index contributed by atoms with van der Waals surface area (Å²) in [5, 5.41) is 2.56. The Balaban J connectivity index is 2.24. The summed E-state index contributed by atoms with van der Waals surface area (Å²) in [6.07, 6.45) is 1.92. The van der Waals surface area contributed by atoms with Crippen LogP contribution in [0.25, 0.3) is 10.1 Å².